The first-order valence-electron chi connectivity index (χ1n) is 7.14. The Bertz CT molecular complexity index is 594. The molecule has 0 amide bonds. The van der Waals surface area contributed by atoms with Gasteiger partial charge in [-0.15, -0.1) is 0 Å². The molecule has 0 aliphatic carbocycles. The lowest BCUT2D eigenvalue weighted by Crippen LogP contribution is -2.46. The molecule has 2 heterocycles. The first kappa shape index (κ1) is 14.4. The van der Waals surface area contributed by atoms with E-state index in [1.807, 2.05) is 24.4 Å². The van der Waals surface area contributed by atoms with Crippen LogP contribution < -0.4 is 10.6 Å². The Balaban J connectivity index is 1.57. The molecule has 1 aromatic heterocycles. The lowest BCUT2D eigenvalue weighted by molar-refractivity contribution is 0.249. The van der Waals surface area contributed by atoms with Crippen LogP contribution in [0, 0.1) is 0 Å². The van der Waals surface area contributed by atoms with Crippen LogP contribution >= 0.6 is 15.9 Å². The minimum absolute atomic E-state index is 0.805. The van der Waals surface area contributed by atoms with Gasteiger partial charge in [0.15, 0.2) is 0 Å². The Kier molecular flexibility index (Phi) is 4.41. The summed E-state index contributed by atoms with van der Waals surface area (Å²) in [5.41, 5.74) is 8.01. The predicted molar refractivity (Wildman–Crippen MR) is 90.3 cm³/mol. The van der Waals surface area contributed by atoms with Gasteiger partial charge in [0, 0.05) is 49.1 Å². The van der Waals surface area contributed by atoms with Crippen LogP contribution in [0.3, 0.4) is 0 Å². The lowest BCUT2D eigenvalue weighted by atomic mass is 10.1. The smallest absolute Gasteiger partial charge is 0.128 e. The van der Waals surface area contributed by atoms with Gasteiger partial charge in [0.2, 0.25) is 0 Å². The van der Waals surface area contributed by atoms with Crippen molar-refractivity contribution in [1.82, 2.24) is 9.88 Å². The first-order chi connectivity index (χ1) is 10.2. The van der Waals surface area contributed by atoms with Crippen molar-refractivity contribution in [3.05, 3.63) is 52.6 Å². The minimum atomic E-state index is 0.805. The SMILES string of the molecule is Nc1cc(CN2CCN(c3ccccn3)CC2)ccc1Br. The summed E-state index contributed by atoms with van der Waals surface area (Å²) in [5.74, 6) is 1.07. The maximum Gasteiger partial charge on any atom is 0.128 e. The molecule has 0 radical (unpaired) electrons. The number of hydrogen-bond acceptors (Lipinski definition) is 4. The third-order valence-electron chi connectivity index (χ3n) is 3.81. The van der Waals surface area contributed by atoms with Crippen LogP contribution in [-0.2, 0) is 6.54 Å². The monoisotopic (exact) mass is 346 g/mol. The summed E-state index contributed by atoms with van der Waals surface area (Å²) >= 11 is 3.44. The number of anilines is 2. The van der Waals surface area contributed by atoms with Crippen LogP contribution in [0.4, 0.5) is 11.5 Å². The molecule has 4 nitrogen and oxygen atoms in total. The summed E-state index contributed by atoms with van der Waals surface area (Å²) in [6.45, 7) is 5.08. The molecule has 1 aliphatic heterocycles. The van der Waals surface area contributed by atoms with E-state index in [1.165, 1.54) is 5.56 Å². The first-order valence-corrected chi connectivity index (χ1v) is 7.94. The number of aromatic nitrogens is 1. The molecule has 5 heteroatoms. The highest BCUT2D eigenvalue weighted by Crippen LogP contribution is 2.21. The molecule has 1 saturated heterocycles. The fourth-order valence-corrected chi connectivity index (χ4v) is 2.87. The molecule has 0 saturated carbocycles. The van der Waals surface area contributed by atoms with Gasteiger partial charge in [-0.25, -0.2) is 4.98 Å². The third-order valence-corrected chi connectivity index (χ3v) is 4.53. The van der Waals surface area contributed by atoms with Gasteiger partial charge in [-0.2, -0.15) is 0 Å². The molecule has 1 aromatic carbocycles. The standard InChI is InChI=1S/C16H19BrN4/c17-14-5-4-13(11-15(14)18)12-20-7-9-21(10-8-20)16-3-1-2-6-19-16/h1-6,11H,7-10,12,18H2. The molecular formula is C16H19BrN4. The van der Waals surface area contributed by atoms with Crippen molar-refractivity contribution in [2.24, 2.45) is 0 Å². The van der Waals surface area contributed by atoms with Crippen molar-refractivity contribution in [3.63, 3.8) is 0 Å². The van der Waals surface area contributed by atoms with Crippen LogP contribution in [0.1, 0.15) is 5.56 Å². The number of nitrogen functional groups attached to an aromatic ring is 1. The molecule has 110 valence electrons. The molecule has 0 spiro atoms. The number of pyridine rings is 1. The van der Waals surface area contributed by atoms with Crippen molar-refractivity contribution >= 4 is 27.4 Å². The molecule has 0 bridgehead atoms. The third kappa shape index (κ3) is 3.54. The number of rotatable bonds is 3. The summed E-state index contributed by atoms with van der Waals surface area (Å²) in [6.07, 6.45) is 1.85. The van der Waals surface area contributed by atoms with Gasteiger partial charge in [0.05, 0.1) is 0 Å². The van der Waals surface area contributed by atoms with Crippen LogP contribution in [0.5, 0.6) is 0 Å². The zero-order valence-corrected chi connectivity index (χ0v) is 13.5. The fourth-order valence-electron chi connectivity index (χ4n) is 2.63. The van der Waals surface area contributed by atoms with E-state index in [-0.39, 0.29) is 0 Å². The number of nitrogens with two attached hydrogens (primary N) is 1. The van der Waals surface area contributed by atoms with Crippen molar-refractivity contribution in [1.29, 1.82) is 0 Å². The second kappa shape index (κ2) is 6.45. The normalized spacial score (nSPS) is 16.1. The van der Waals surface area contributed by atoms with Crippen LogP contribution in [0.15, 0.2) is 47.1 Å². The van der Waals surface area contributed by atoms with E-state index in [9.17, 15) is 0 Å². The quantitative estimate of drug-likeness (QED) is 0.868. The molecule has 0 atom stereocenters. The number of halogens is 1. The summed E-state index contributed by atoms with van der Waals surface area (Å²) in [4.78, 5) is 9.22. The van der Waals surface area contributed by atoms with Gasteiger partial charge in [0.1, 0.15) is 5.82 Å². The second-order valence-corrected chi connectivity index (χ2v) is 6.16. The van der Waals surface area contributed by atoms with Gasteiger partial charge in [0.25, 0.3) is 0 Å². The predicted octanol–water partition coefficient (Wildman–Crippen LogP) is 2.75. The van der Waals surface area contributed by atoms with Gasteiger partial charge in [-0.1, -0.05) is 12.1 Å². The van der Waals surface area contributed by atoms with Gasteiger partial charge in [-0.3, -0.25) is 4.90 Å². The van der Waals surface area contributed by atoms with E-state index < -0.39 is 0 Å². The van der Waals surface area contributed by atoms with Crippen molar-refractivity contribution in [3.8, 4) is 0 Å². The van der Waals surface area contributed by atoms with Crippen molar-refractivity contribution < 1.29 is 0 Å². The molecular weight excluding hydrogens is 328 g/mol. The van der Waals surface area contributed by atoms with Gasteiger partial charge < -0.3 is 10.6 Å². The average molecular weight is 347 g/mol. The maximum atomic E-state index is 5.94. The van der Waals surface area contributed by atoms with Crippen molar-refractivity contribution in [2.45, 2.75) is 6.54 Å². The van der Waals surface area contributed by atoms with Gasteiger partial charge in [-0.05, 0) is 45.8 Å². The van der Waals surface area contributed by atoms with Crippen LogP contribution in [0.25, 0.3) is 0 Å². The van der Waals surface area contributed by atoms with Crippen LogP contribution in [0.2, 0.25) is 0 Å². The summed E-state index contributed by atoms with van der Waals surface area (Å²) in [6, 6.07) is 12.3. The summed E-state index contributed by atoms with van der Waals surface area (Å²) < 4.78 is 0.964. The summed E-state index contributed by atoms with van der Waals surface area (Å²) in [5, 5.41) is 0. The lowest BCUT2D eigenvalue weighted by Gasteiger charge is -2.35. The minimum Gasteiger partial charge on any atom is -0.398 e. The molecule has 3 rings (SSSR count). The van der Waals surface area contributed by atoms with E-state index in [0.717, 1.165) is 48.7 Å². The average Bonchev–Trinajstić information content (AvgIpc) is 2.53. The molecule has 1 aliphatic rings. The Morgan fingerprint density at radius 1 is 1.10 bits per heavy atom. The van der Waals surface area contributed by atoms with Crippen molar-refractivity contribution in [2.75, 3.05) is 36.8 Å². The molecule has 2 N–H and O–H groups in total. The fraction of sp³-hybridized carbons (Fsp3) is 0.312. The Morgan fingerprint density at radius 3 is 2.57 bits per heavy atom. The molecule has 21 heavy (non-hydrogen) atoms. The largest absolute Gasteiger partial charge is 0.398 e. The second-order valence-electron chi connectivity index (χ2n) is 5.31. The summed E-state index contributed by atoms with van der Waals surface area (Å²) in [7, 11) is 0. The van der Waals surface area contributed by atoms with E-state index >= 15 is 0 Å². The Hall–Kier alpha value is -1.59. The highest BCUT2D eigenvalue weighted by atomic mass is 79.9. The van der Waals surface area contributed by atoms with Gasteiger partial charge >= 0.3 is 0 Å². The highest BCUT2D eigenvalue weighted by molar-refractivity contribution is 9.10. The zero-order chi connectivity index (χ0) is 14.7. The zero-order valence-electron chi connectivity index (χ0n) is 11.9. The number of hydrogen-bond donors (Lipinski definition) is 1. The Morgan fingerprint density at radius 2 is 1.90 bits per heavy atom. The molecule has 0 unspecified atom stereocenters. The van der Waals surface area contributed by atoms with E-state index in [1.54, 1.807) is 0 Å². The van der Waals surface area contributed by atoms with E-state index in [4.69, 9.17) is 5.73 Å². The molecule has 1 fully saturated rings. The van der Waals surface area contributed by atoms with Crippen LogP contribution in [-0.4, -0.2) is 36.1 Å². The molecule has 2 aromatic rings. The number of piperazine rings is 1. The van der Waals surface area contributed by atoms with E-state index in [2.05, 4.69) is 48.9 Å². The maximum absolute atomic E-state index is 5.94. The Labute approximate surface area is 133 Å². The number of nitrogens with zero attached hydrogens (tertiary/aromatic N) is 3. The highest BCUT2D eigenvalue weighted by Gasteiger charge is 2.17. The van der Waals surface area contributed by atoms with E-state index in [0.29, 0.717) is 0 Å². The number of benzene rings is 1. The topological polar surface area (TPSA) is 45.4 Å².